The molecule has 3 nitrogen and oxygen atoms in total. The van der Waals surface area contributed by atoms with Crippen LogP contribution in [0.4, 0.5) is 5.00 Å². The zero-order valence-electron chi connectivity index (χ0n) is 12.7. The van der Waals surface area contributed by atoms with Gasteiger partial charge in [0.25, 0.3) is 0 Å². The Morgan fingerprint density at radius 2 is 2.29 bits per heavy atom. The van der Waals surface area contributed by atoms with E-state index in [1.807, 2.05) is 11.9 Å². The van der Waals surface area contributed by atoms with Crippen molar-refractivity contribution in [3.63, 3.8) is 0 Å². The van der Waals surface area contributed by atoms with Crippen LogP contribution >= 0.6 is 22.9 Å². The lowest BCUT2D eigenvalue weighted by atomic mass is 9.86. The minimum absolute atomic E-state index is 0.0776. The first-order chi connectivity index (χ1) is 9.95. The normalized spacial score (nSPS) is 17.4. The average Bonchev–Trinajstić information content (AvgIpc) is 2.78. The molecule has 1 aromatic rings. The third kappa shape index (κ3) is 3.43. The van der Waals surface area contributed by atoms with Crippen molar-refractivity contribution in [1.82, 2.24) is 4.90 Å². The Labute approximate surface area is 135 Å². The standard InChI is InChI=1S/C16H23ClN2OS/c1-4-5-8-19(3)16(20)11-6-7-12-13(9-11)21-15(18)14(12)10(2)17/h11H,2,4-9,18H2,1,3H3. The summed E-state index contributed by atoms with van der Waals surface area (Å²) < 4.78 is 0. The highest BCUT2D eigenvalue weighted by Crippen LogP contribution is 2.42. The third-order valence-corrected chi connectivity index (χ3v) is 5.41. The van der Waals surface area contributed by atoms with Gasteiger partial charge in [0.2, 0.25) is 5.91 Å². The van der Waals surface area contributed by atoms with Crippen molar-refractivity contribution < 1.29 is 4.79 Å². The van der Waals surface area contributed by atoms with Crippen molar-refractivity contribution in [2.45, 2.75) is 39.0 Å². The second kappa shape index (κ2) is 6.84. The van der Waals surface area contributed by atoms with Crippen LogP contribution in [0.15, 0.2) is 6.58 Å². The van der Waals surface area contributed by atoms with Gasteiger partial charge in [-0.1, -0.05) is 31.5 Å². The lowest BCUT2D eigenvalue weighted by molar-refractivity contribution is -0.134. The minimum Gasteiger partial charge on any atom is -0.390 e. The third-order valence-electron chi connectivity index (χ3n) is 4.14. The molecule has 0 saturated heterocycles. The van der Waals surface area contributed by atoms with Crippen molar-refractivity contribution >= 4 is 38.9 Å². The predicted molar refractivity (Wildman–Crippen MR) is 91.7 cm³/mol. The number of halogens is 1. The SMILES string of the molecule is C=C(Cl)c1c(N)sc2c1CCC(C(=O)N(C)CCCC)C2. The van der Waals surface area contributed by atoms with Gasteiger partial charge in [-0.3, -0.25) is 4.79 Å². The Balaban J connectivity index is 2.11. The number of nitrogen functional groups attached to an aromatic ring is 1. The molecule has 1 amide bonds. The molecule has 1 atom stereocenters. The summed E-state index contributed by atoms with van der Waals surface area (Å²) in [4.78, 5) is 15.6. The number of thiophene rings is 1. The van der Waals surface area contributed by atoms with Crippen LogP contribution in [0.2, 0.25) is 0 Å². The number of carbonyl (C=O) groups is 1. The van der Waals surface area contributed by atoms with Gasteiger partial charge in [0, 0.05) is 35.0 Å². The van der Waals surface area contributed by atoms with E-state index in [1.54, 1.807) is 11.3 Å². The summed E-state index contributed by atoms with van der Waals surface area (Å²) in [5.74, 6) is 0.334. The molecule has 0 saturated carbocycles. The number of nitrogens with two attached hydrogens (primary N) is 1. The maximum Gasteiger partial charge on any atom is 0.225 e. The number of amides is 1. The fourth-order valence-electron chi connectivity index (χ4n) is 2.93. The monoisotopic (exact) mass is 326 g/mol. The molecule has 0 aliphatic heterocycles. The van der Waals surface area contributed by atoms with E-state index in [9.17, 15) is 4.79 Å². The van der Waals surface area contributed by atoms with Crippen molar-refractivity contribution in [3.8, 4) is 0 Å². The van der Waals surface area contributed by atoms with Gasteiger partial charge in [0.05, 0.1) is 5.00 Å². The van der Waals surface area contributed by atoms with Crippen molar-refractivity contribution in [2.75, 3.05) is 19.3 Å². The molecule has 116 valence electrons. The van der Waals surface area contributed by atoms with E-state index in [-0.39, 0.29) is 11.8 Å². The second-order valence-electron chi connectivity index (χ2n) is 5.70. The number of rotatable bonds is 5. The molecule has 2 rings (SSSR count). The summed E-state index contributed by atoms with van der Waals surface area (Å²) in [6.07, 6.45) is 4.68. The van der Waals surface area contributed by atoms with E-state index in [0.717, 1.165) is 49.2 Å². The first kappa shape index (κ1) is 16.4. The number of fused-ring (bicyclic) bond motifs is 1. The Bertz CT molecular complexity index is 553. The first-order valence-corrected chi connectivity index (χ1v) is 8.64. The van der Waals surface area contributed by atoms with Gasteiger partial charge in [0.1, 0.15) is 0 Å². The Morgan fingerprint density at radius 1 is 1.57 bits per heavy atom. The molecular weight excluding hydrogens is 304 g/mol. The first-order valence-electron chi connectivity index (χ1n) is 7.45. The number of unbranched alkanes of at least 4 members (excludes halogenated alkanes) is 1. The molecule has 1 heterocycles. The Hall–Kier alpha value is -1.00. The van der Waals surface area contributed by atoms with Crippen LogP contribution in [0.5, 0.6) is 0 Å². The van der Waals surface area contributed by atoms with Gasteiger partial charge in [0.15, 0.2) is 0 Å². The Morgan fingerprint density at radius 3 is 2.90 bits per heavy atom. The molecule has 2 N–H and O–H groups in total. The van der Waals surface area contributed by atoms with Gasteiger partial charge in [-0.15, -0.1) is 11.3 Å². The summed E-state index contributed by atoms with van der Waals surface area (Å²) in [5.41, 5.74) is 8.16. The van der Waals surface area contributed by atoms with Crippen molar-refractivity contribution in [3.05, 3.63) is 22.6 Å². The van der Waals surface area contributed by atoms with E-state index in [4.69, 9.17) is 17.3 Å². The molecule has 0 bridgehead atoms. The van der Waals surface area contributed by atoms with E-state index >= 15 is 0 Å². The molecule has 21 heavy (non-hydrogen) atoms. The molecule has 1 aliphatic carbocycles. The fraction of sp³-hybridized carbons (Fsp3) is 0.562. The second-order valence-corrected chi connectivity index (χ2v) is 7.29. The summed E-state index contributed by atoms with van der Waals surface area (Å²) in [5, 5.41) is 1.24. The lowest BCUT2D eigenvalue weighted by Crippen LogP contribution is -2.36. The van der Waals surface area contributed by atoms with E-state index < -0.39 is 0 Å². The van der Waals surface area contributed by atoms with Gasteiger partial charge < -0.3 is 10.6 Å². The fourth-order valence-corrected chi connectivity index (χ4v) is 4.43. The highest BCUT2D eigenvalue weighted by molar-refractivity contribution is 7.16. The number of hydrogen-bond acceptors (Lipinski definition) is 3. The van der Waals surface area contributed by atoms with Crippen LogP contribution in [0.3, 0.4) is 0 Å². The zero-order chi connectivity index (χ0) is 15.6. The van der Waals surface area contributed by atoms with Gasteiger partial charge in [-0.2, -0.15) is 0 Å². The van der Waals surface area contributed by atoms with Crippen LogP contribution in [0.1, 0.15) is 42.2 Å². The topological polar surface area (TPSA) is 46.3 Å². The van der Waals surface area contributed by atoms with Gasteiger partial charge in [-0.05, 0) is 31.2 Å². The van der Waals surface area contributed by atoms with E-state index in [0.29, 0.717) is 5.03 Å². The van der Waals surface area contributed by atoms with Crippen LogP contribution in [-0.2, 0) is 17.6 Å². The number of anilines is 1. The molecule has 1 unspecified atom stereocenters. The molecule has 1 aliphatic rings. The van der Waals surface area contributed by atoms with Gasteiger partial charge >= 0.3 is 0 Å². The maximum atomic E-state index is 12.5. The highest BCUT2D eigenvalue weighted by atomic mass is 35.5. The lowest BCUT2D eigenvalue weighted by Gasteiger charge is -2.27. The summed E-state index contributed by atoms with van der Waals surface area (Å²) in [6.45, 7) is 6.78. The Kier molecular flexibility index (Phi) is 5.33. The van der Waals surface area contributed by atoms with Crippen LogP contribution in [0.25, 0.3) is 5.03 Å². The smallest absolute Gasteiger partial charge is 0.225 e. The van der Waals surface area contributed by atoms with E-state index in [1.165, 1.54) is 10.4 Å². The summed E-state index contributed by atoms with van der Waals surface area (Å²) >= 11 is 7.61. The molecule has 5 heteroatoms. The molecule has 0 fully saturated rings. The minimum atomic E-state index is 0.0776. The molecule has 1 aromatic heterocycles. The largest absolute Gasteiger partial charge is 0.390 e. The maximum absolute atomic E-state index is 12.5. The molecular formula is C16H23ClN2OS. The molecule has 0 spiro atoms. The average molecular weight is 327 g/mol. The predicted octanol–water partition coefficient (Wildman–Crippen LogP) is 3.90. The zero-order valence-corrected chi connectivity index (χ0v) is 14.3. The number of carbonyl (C=O) groups excluding carboxylic acids is 1. The highest BCUT2D eigenvalue weighted by Gasteiger charge is 2.30. The van der Waals surface area contributed by atoms with Crippen LogP contribution < -0.4 is 5.73 Å². The summed E-state index contributed by atoms with van der Waals surface area (Å²) in [7, 11) is 1.91. The van der Waals surface area contributed by atoms with Gasteiger partial charge in [-0.25, -0.2) is 0 Å². The van der Waals surface area contributed by atoms with Crippen LogP contribution in [0, 0.1) is 5.92 Å². The van der Waals surface area contributed by atoms with Crippen molar-refractivity contribution in [1.29, 1.82) is 0 Å². The quantitative estimate of drug-likeness (QED) is 0.891. The number of nitrogens with zero attached hydrogens (tertiary/aromatic N) is 1. The number of hydrogen-bond donors (Lipinski definition) is 1. The molecule has 0 radical (unpaired) electrons. The molecule has 0 aromatic carbocycles. The van der Waals surface area contributed by atoms with E-state index in [2.05, 4.69) is 13.5 Å². The summed E-state index contributed by atoms with van der Waals surface area (Å²) in [6, 6.07) is 0. The van der Waals surface area contributed by atoms with Crippen molar-refractivity contribution in [2.24, 2.45) is 5.92 Å². The van der Waals surface area contributed by atoms with Crippen LogP contribution in [-0.4, -0.2) is 24.4 Å².